The van der Waals surface area contributed by atoms with Crippen LogP contribution < -0.4 is 15.4 Å². The van der Waals surface area contributed by atoms with E-state index in [1.54, 1.807) is 37.4 Å². The van der Waals surface area contributed by atoms with Crippen molar-refractivity contribution in [1.82, 2.24) is 9.88 Å². The summed E-state index contributed by atoms with van der Waals surface area (Å²) in [5, 5.41) is 13.9. The number of nitrogens with one attached hydrogen (secondary N) is 2. The van der Waals surface area contributed by atoms with E-state index in [1.807, 2.05) is 29.8 Å². The quantitative estimate of drug-likeness (QED) is 0.338. The van der Waals surface area contributed by atoms with Crippen LogP contribution in [0.3, 0.4) is 0 Å². The van der Waals surface area contributed by atoms with Crippen LogP contribution in [0.5, 0.6) is 5.75 Å². The molecule has 0 unspecified atom stereocenters. The smallest absolute Gasteiger partial charge is 0.349 e. The molecule has 33 heavy (non-hydrogen) atoms. The lowest BCUT2D eigenvalue weighted by atomic mass is 10.1. The van der Waals surface area contributed by atoms with Crippen molar-refractivity contribution in [3.05, 3.63) is 52.9 Å². The number of benzene rings is 1. The topological polar surface area (TPSA) is 132 Å². The van der Waals surface area contributed by atoms with Crippen molar-refractivity contribution in [3.8, 4) is 11.8 Å². The average molecular weight is 454 g/mol. The molecule has 10 nitrogen and oxygen atoms in total. The molecular weight excluding hydrogens is 428 g/mol. The number of nitrogens with zero attached hydrogens (tertiary/aromatic N) is 2. The Morgan fingerprint density at radius 1 is 1.15 bits per heavy atom. The van der Waals surface area contributed by atoms with Crippen molar-refractivity contribution in [2.24, 2.45) is 0 Å². The third kappa shape index (κ3) is 7.22. The van der Waals surface area contributed by atoms with E-state index in [-0.39, 0.29) is 5.57 Å². The van der Waals surface area contributed by atoms with Gasteiger partial charge < -0.3 is 24.1 Å². The van der Waals surface area contributed by atoms with E-state index in [2.05, 4.69) is 5.32 Å². The highest BCUT2D eigenvalue weighted by molar-refractivity contribution is 6.03. The van der Waals surface area contributed by atoms with Crippen LogP contribution in [0.2, 0.25) is 0 Å². The van der Waals surface area contributed by atoms with Crippen LogP contribution >= 0.6 is 0 Å². The second-order valence-corrected chi connectivity index (χ2v) is 6.95. The molecular formula is C23H26N4O6. The molecule has 174 valence electrons. The van der Waals surface area contributed by atoms with Crippen molar-refractivity contribution in [3.63, 3.8) is 0 Å². The SMILES string of the molecule is COCCn1c(C)cc(/C=C(\C#N)C(=O)OCC(=O)NC(=O)Nc2ccc(OC)cc2)c1C. The van der Waals surface area contributed by atoms with E-state index in [0.29, 0.717) is 30.2 Å². The Bertz CT molecular complexity index is 1080. The summed E-state index contributed by atoms with van der Waals surface area (Å²) in [7, 11) is 3.13. The molecule has 0 aliphatic carbocycles. The number of urea groups is 1. The Labute approximate surface area is 191 Å². The van der Waals surface area contributed by atoms with Crippen LogP contribution in [-0.4, -0.2) is 49.9 Å². The third-order valence-electron chi connectivity index (χ3n) is 4.71. The number of carbonyl (C=O) groups excluding carboxylic acids is 3. The number of esters is 1. The first-order valence-corrected chi connectivity index (χ1v) is 9.98. The van der Waals surface area contributed by atoms with Gasteiger partial charge in [-0.3, -0.25) is 10.1 Å². The lowest BCUT2D eigenvalue weighted by molar-refractivity contribution is -0.144. The molecule has 0 fully saturated rings. The average Bonchev–Trinajstić information content (AvgIpc) is 3.06. The number of imide groups is 1. The molecule has 0 bridgehead atoms. The first kappa shape index (κ1) is 25.2. The van der Waals surface area contributed by atoms with Crippen LogP contribution in [0.1, 0.15) is 17.0 Å². The van der Waals surface area contributed by atoms with E-state index < -0.39 is 24.5 Å². The zero-order valence-corrected chi connectivity index (χ0v) is 18.9. The van der Waals surface area contributed by atoms with Gasteiger partial charge in [-0.1, -0.05) is 0 Å². The Kier molecular flexibility index (Phi) is 9.20. The lowest BCUT2D eigenvalue weighted by Crippen LogP contribution is -2.37. The summed E-state index contributed by atoms with van der Waals surface area (Å²) in [5.74, 6) is -1.20. The number of amides is 3. The summed E-state index contributed by atoms with van der Waals surface area (Å²) in [6.07, 6.45) is 1.41. The van der Waals surface area contributed by atoms with Crippen molar-refractivity contribution in [1.29, 1.82) is 5.26 Å². The fraction of sp³-hybridized carbons (Fsp3) is 0.304. The minimum atomic E-state index is -0.968. The molecule has 2 rings (SSSR count). The number of ether oxygens (including phenoxy) is 3. The van der Waals surface area contributed by atoms with Crippen molar-refractivity contribution >= 4 is 29.7 Å². The van der Waals surface area contributed by atoms with E-state index in [4.69, 9.17) is 14.2 Å². The molecule has 1 heterocycles. The second-order valence-electron chi connectivity index (χ2n) is 6.95. The largest absolute Gasteiger partial charge is 0.497 e. The molecule has 2 aromatic rings. The molecule has 0 radical (unpaired) electrons. The van der Waals surface area contributed by atoms with Crippen molar-refractivity contribution in [2.75, 3.05) is 32.8 Å². The van der Waals surface area contributed by atoms with E-state index in [0.717, 1.165) is 11.4 Å². The molecule has 1 aromatic carbocycles. The Morgan fingerprint density at radius 3 is 2.45 bits per heavy atom. The molecule has 3 amide bonds. The van der Waals surface area contributed by atoms with Crippen LogP contribution in [0.15, 0.2) is 35.9 Å². The predicted octanol–water partition coefficient (Wildman–Crippen LogP) is 2.56. The van der Waals surface area contributed by atoms with Gasteiger partial charge in [0.05, 0.1) is 13.7 Å². The summed E-state index contributed by atoms with van der Waals surface area (Å²) in [6.45, 7) is 4.21. The summed E-state index contributed by atoms with van der Waals surface area (Å²) in [6, 6.07) is 9.31. The maximum absolute atomic E-state index is 12.3. The van der Waals surface area contributed by atoms with Gasteiger partial charge in [-0.25, -0.2) is 9.59 Å². The van der Waals surface area contributed by atoms with Crippen LogP contribution in [0.4, 0.5) is 10.5 Å². The van der Waals surface area contributed by atoms with Crippen molar-refractivity contribution < 1.29 is 28.6 Å². The summed E-state index contributed by atoms with van der Waals surface area (Å²) >= 11 is 0. The fourth-order valence-corrected chi connectivity index (χ4v) is 3.00. The van der Waals surface area contributed by atoms with Crippen LogP contribution in [0.25, 0.3) is 6.08 Å². The van der Waals surface area contributed by atoms with Crippen LogP contribution in [0, 0.1) is 25.2 Å². The molecule has 0 saturated heterocycles. The third-order valence-corrected chi connectivity index (χ3v) is 4.71. The van der Waals surface area contributed by atoms with Gasteiger partial charge >= 0.3 is 12.0 Å². The van der Waals surface area contributed by atoms with Gasteiger partial charge in [0.15, 0.2) is 6.61 Å². The molecule has 0 aliphatic heterocycles. The summed E-state index contributed by atoms with van der Waals surface area (Å²) in [5.41, 5.74) is 2.66. The number of rotatable bonds is 9. The normalized spacial score (nSPS) is 10.8. The highest BCUT2D eigenvalue weighted by Gasteiger charge is 2.16. The van der Waals surface area contributed by atoms with E-state index in [1.165, 1.54) is 13.2 Å². The maximum atomic E-state index is 12.3. The molecule has 10 heteroatoms. The standard InChI is InChI=1S/C23H26N4O6/c1-15-11-17(16(2)27(15)9-10-31-3)12-18(13-24)22(29)33-14-21(28)26-23(30)25-19-5-7-20(32-4)8-6-19/h5-8,11-12H,9-10,14H2,1-4H3,(H2,25,26,28,30)/b18-12+. The maximum Gasteiger partial charge on any atom is 0.349 e. The van der Waals surface area contributed by atoms with Gasteiger partial charge in [0.25, 0.3) is 5.91 Å². The minimum Gasteiger partial charge on any atom is -0.497 e. The van der Waals surface area contributed by atoms with Crippen LogP contribution in [-0.2, 0) is 25.6 Å². The monoisotopic (exact) mass is 454 g/mol. The van der Waals surface area contributed by atoms with Gasteiger partial charge in [-0.2, -0.15) is 5.26 Å². The molecule has 0 saturated carbocycles. The second kappa shape index (κ2) is 12.1. The number of carbonyl (C=O) groups is 3. The lowest BCUT2D eigenvalue weighted by Gasteiger charge is -2.08. The number of aromatic nitrogens is 1. The van der Waals surface area contributed by atoms with Crippen molar-refractivity contribution in [2.45, 2.75) is 20.4 Å². The molecule has 0 spiro atoms. The number of hydrogen-bond donors (Lipinski definition) is 2. The van der Waals surface area contributed by atoms with Gasteiger partial charge in [0, 0.05) is 30.7 Å². The van der Waals surface area contributed by atoms with Gasteiger partial charge in [-0.15, -0.1) is 0 Å². The Hall–Kier alpha value is -4.10. The number of methoxy groups -OCH3 is 2. The highest BCUT2D eigenvalue weighted by Crippen LogP contribution is 2.19. The molecule has 0 aliphatic rings. The van der Waals surface area contributed by atoms with Gasteiger partial charge in [0.1, 0.15) is 17.4 Å². The number of hydrogen-bond acceptors (Lipinski definition) is 7. The number of nitriles is 1. The van der Waals surface area contributed by atoms with E-state index in [9.17, 15) is 19.6 Å². The first-order chi connectivity index (χ1) is 15.8. The molecule has 1 aromatic heterocycles. The van der Waals surface area contributed by atoms with E-state index >= 15 is 0 Å². The predicted molar refractivity (Wildman–Crippen MR) is 120 cm³/mol. The zero-order valence-electron chi connectivity index (χ0n) is 18.9. The Balaban J connectivity index is 1.93. The Morgan fingerprint density at radius 2 is 1.85 bits per heavy atom. The summed E-state index contributed by atoms with van der Waals surface area (Å²) in [4.78, 5) is 36.1. The van der Waals surface area contributed by atoms with Gasteiger partial charge in [-0.05, 0) is 55.8 Å². The molecule has 2 N–H and O–H groups in total. The highest BCUT2D eigenvalue weighted by atomic mass is 16.5. The molecule has 0 atom stereocenters. The zero-order chi connectivity index (χ0) is 24.4. The first-order valence-electron chi connectivity index (χ1n) is 9.98. The van der Waals surface area contributed by atoms with Gasteiger partial charge in [0.2, 0.25) is 0 Å². The fourth-order valence-electron chi connectivity index (χ4n) is 3.00. The minimum absolute atomic E-state index is 0.266. The number of aryl methyl sites for hydroxylation is 1. The summed E-state index contributed by atoms with van der Waals surface area (Å²) < 4.78 is 17.0. The number of anilines is 1.